The fourth-order valence-electron chi connectivity index (χ4n) is 2.89. The van der Waals surface area contributed by atoms with Gasteiger partial charge in [-0.15, -0.1) is 0 Å². The molecule has 0 radical (unpaired) electrons. The van der Waals surface area contributed by atoms with Gasteiger partial charge in [0, 0.05) is 10.2 Å². The smallest absolute Gasteiger partial charge is 0.150 e. The molecule has 2 N–H and O–H groups in total. The summed E-state index contributed by atoms with van der Waals surface area (Å²) in [6.45, 7) is 8.35. The van der Waals surface area contributed by atoms with Crippen LogP contribution in [0.5, 0.6) is 0 Å². The van der Waals surface area contributed by atoms with E-state index in [1.165, 1.54) is 17.5 Å². The Morgan fingerprint density at radius 3 is 2.48 bits per heavy atom. The second kappa shape index (κ2) is 4.84. The first kappa shape index (κ1) is 14.1. The summed E-state index contributed by atoms with van der Waals surface area (Å²) in [7, 11) is 0. The second-order valence-corrected chi connectivity index (χ2v) is 6.27. The monoisotopic (exact) mass is 344 g/mol. The molecule has 0 atom stereocenters. The van der Waals surface area contributed by atoms with Crippen LogP contribution in [-0.2, 0) is 0 Å². The van der Waals surface area contributed by atoms with E-state index in [-0.39, 0.29) is 0 Å². The van der Waals surface area contributed by atoms with Crippen LogP contribution < -0.4 is 5.73 Å². The minimum atomic E-state index is 0.528. The van der Waals surface area contributed by atoms with Crippen molar-refractivity contribution in [3.8, 4) is 5.69 Å². The van der Waals surface area contributed by atoms with E-state index in [0.717, 1.165) is 32.5 Å². The highest BCUT2D eigenvalue weighted by Crippen LogP contribution is 2.34. The Labute approximate surface area is 132 Å². The van der Waals surface area contributed by atoms with E-state index in [2.05, 4.69) is 70.3 Å². The first-order chi connectivity index (χ1) is 9.91. The summed E-state index contributed by atoms with van der Waals surface area (Å²) in [5.74, 6) is 0.528. The Bertz CT molecular complexity index is 841. The molecule has 0 bridgehead atoms. The van der Waals surface area contributed by atoms with Gasteiger partial charge in [-0.2, -0.15) is 0 Å². The van der Waals surface area contributed by atoms with Crippen LogP contribution in [0, 0.1) is 27.7 Å². The molecule has 21 heavy (non-hydrogen) atoms. The lowest BCUT2D eigenvalue weighted by atomic mass is 10.1. The molecule has 3 aromatic rings. The third-order valence-electron chi connectivity index (χ3n) is 3.94. The van der Waals surface area contributed by atoms with Crippen molar-refractivity contribution < 1.29 is 0 Å². The number of nitrogen functional groups attached to an aromatic ring is 1. The summed E-state index contributed by atoms with van der Waals surface area (Å²) in [5, 5.41) is 0.932. The summed E-state index contributed by atoms with van der Waals surface area (Å²) in [6.07, 6.45) is 1.52. The van der Waals surface area contributed by atoms with Crippen molar-refractivity contribution in [2.45, 2.75) is 27.7 Å². The summed E-state index contributed by atoms with van der Waals surface area (Å²) in [5.41, 5.74) is 12.7. The summed E-state index contributed by atoms with van der Waals surface area (Å²) >= 11 is 3.69. The van der Waals surface area contributed by atoms with Crippen molar-refractivity contribution in [2.75, 3.05) is 5.73 Å². The number of anilines is 1. The van der Waals surface area contributed by atoms with E-state index in [9.17, 15) is 0 Å². The lowest BCUT2D eigenvalue weighted by Crippen LogP contribution is -2.03. The van der Waals surface area contributed by atoms with Crippen LogP contribution in [-0.4, -0.2) is 14.5 Å². The molecule has 0 amide bonds. The van der Waals surface area contributed by atoms with Crippen LogP contribution >= 0.6 is 15.9 Å². The minimum absolute atomic E-state index is 0.528. The number of hydrogen-bond acceptors (Lipinski definition) is 3. The zero-order valence-electron chi connectivity index (χ0n) is 12.5. The molecule has 0 aliphatic rings. The number of rotatable bonds is 1. The minimum Gasteiger partial charge on any atom is -0.383 e. The van der Waals surface area contributed by atoms with Crippen LogP contribution in [0.3, 0.4) is 0 Å². The number of nitrogens with zero attached hydrogens (tertiary/aromatic N) is 3. The van der Waals surface area contributed by atoms with E-state index in [0.29, 0.717) is 5.82 Å². The highest BCUT2D eigenvalue weighted by atomic mass is 79.9. The van der Waals surface area contributed by atoms with Crippen LogP contribution in [0.4, 0.5) is 5.82 Å². The van der Waals surface area contributed by atoms with Gasteiger partial charge in [0.15, 0.2) is 5.65 Å². The lowest BCUT2D eigenvalue weighted by molar-refractivity contribution is 0.993. The van der Waals surface area contributed by atoms with Gasteiger partial charge >= 0.3 is 0 Å². The van der Waals surface area contributed by atoms with Crippen molar-refractivity contribution in [3.63, 3.8) is 0 Å². The van der Waals surface area contributed by atoms with Gasteiger partial charge in [-0.3, -0.25) is 4.57 Å². The maximum atomic E-state index is 6.04. The second-order valence-electron chi connectivity index (χ2n) is 5.42. The van der Waals surface area contributed by atoms with Gasteiger partial charge in [-0.25, -0.2) is 9.97 Å². The molecule has 0 saturated carbocycles. The molecule has 5 heteroatoms. The topological polar surface area (TPSA) is 56.7 Å². The van der Waals surface area contributed by atoms with Crippen LogP contribution in [0.15, 0.2) is 22.9 Å². The third kappa shape index (κ3) is 2.03. The van der Waals surface area contributed by atoms with Crippen LogP contribution in [0.2, 0.25) is 0 Å². The molecule has 0 aliphatic carbocycles. The highest BCUT2D eigenvalue weighted by Gasteiger charge is 2.19. The van der Waals surface area contributed by atoms with E-state index in [1.54, 1.807) is 0 Å². The molecule has 2 aromatic heterocycles. The number of nitrogens with two attached hydrogens (primary N) is 1. The fraction of sp³-hybridized carbons (Fsp3) is 0.250. The Hall–Kier alpha value is -1.88. The molecule has 0 spiro atoms. The van der Waals surface area contributed by atoms with Gasteiger partial charge < -0.3 is 5.73 Å². The van der Waals surface area contributed by atoms with Gasteiger partial charge in [0.05, 0.1) is 11.1 Å². The van der Waals surface area contributed by atoms with E-state index >= 15 is 0 Å². The van der Waals surface area contributed by atoms with Gasteiger partial charge in [0.1, 0.15) is 12.1 Å². The Balaban J connectivity index is 2.48. The lowest BCUT2D eigenvalue weighted by Gasteiger charge is -2.14. The van der Waals surface area contributed by atoms with Gasteiger partial charge in [-0.05, 0) is 66.4 Å². The predicted octanol–water partition coefficient (Wildman–Crippen LogP) is 4.00. The average molecular weight is 345 g/mol. The normalized spacial score (nSPS) is 11.3. The van der Waals surface area contributed by atoms with Gasteiger partial charge in [-0.1, -0.05) is 6.07 Å². The fourth-order valence-corrected chi connectivity index (χ4v) is 3.74. The Kier molecular flexibility index (Phi) is 3.24. The molecule has 0 unspecified atom stereocenters. The number of fused-ring (bicyclic) bond motifs is 1. The first-order valence-electron chi connectivity index (χ1n) is 6.77. The molecule has 0 fully saturated rings. The highest BCUT2D eigenvalue weighted by molar-refractivity contribution is 9.10. The van der Waals surface area contributed by atoms with E-state index in [4.69, 9.17) is 5.73 Å². The summed E-state index contributed by atoms with van der Waals surface area (Å²) in [6, 6.07) is 4.29. The standard InChI is InChI=1S/C16H17BrN4/c1-8-5-9(2)14(12(17)6-8)21-11(4)10(3)13-15(18)19-7-20-16(13)21/h5-7H,1-4H3,(H2,18,19,20). The first-order valence-corrected chi connectivity index (χ1v) is 7.56. The summed E-state index contributed by atoms with van der Waals surface area (Å²) < 4.78 is 3.21. The number of hydrogen-bond donors (Lipinski definition) is 1. The van der Waals surface area contributed by atoms with E-state index < -0.39 is 0 Å². The van der Waals surface area contributed by atoms with Crippen LogP contribution in [0.25, 0.3) is 16.7 Å². The van der Waals surface area contributed by atoms with Gasteiger partial charge in [0.25, 0.3) is 0 Å². The van der Waals surface area contributed by atoms with Gasteiger partial charge in [0.2, 0.25) is 0 Å². The number of benzene rings is 1. The van der Waals surface area contributed by atoms with E-state index in [1.807, 2.05) is 0 Å². The van der Waals surface area contributed by atoms with Crippen molar-refractivity contribution in [2.24, 2.45) is 0 Å². The Morgan fingerprint density at radius 2 is 1.81 bits per heavy atom. The van der Waals surface area contributed by atoms with Crippen LogP contribution in [0.1, 0.15) is 22.4 Å². The quantitative estimate of drug-likeness (QED) is 0.725. The number of aryl methyl sites for hydroxylation is 3. The average Bonchev–Trinajstić information content (AvgIpc) is 2.64. The summed E-state index contributed by atoms with van der Waals surface area (Å²) in [4.78, 5) is 8.57. The molecule has 3 rings (SSSR count). The van der Waals surface area contributed by atoms with Crippen molar-refractivity contribution >= 4 is 32.8 Å². The molecule has 0 saturated heterocycles. The molecule has 0 aliphatic heterocycles. The molecule has 1 aromatic carbocycles. The largest absolute Gasteiger partial charge is 0.383 e. The zero-order chi connectivity index (χ0) is 15.3. The third-order valence-corrected chi connectivity index (χ3v) is 4.55. The number of aromatic nitrogens is 3. The molecule has 4 nitrogen and oxygen atoms in total. The Morgan fingerprint density at radius 1 is 1.10 bits per heavy atom. The SMILES string of the molecule is Cc1cc(C)c(-n2c(C)c(C)c3c(N)ncnc32)c(Br)c1. The maximum Gasteiger partial charge on any atom is 0.150 e. The maximum absolute atomic E-state index is 6.04. The predicted molar refractivity (Wildman–Crippen MR) is 89.9 cm³/mol. The van der Waals surface area contributed by atoms with Crippen molar-refractivity contribution in [3.05, 3.63) is 45.3 Å². The zero-order valence-corrected chi connectivity index (χ0v) is 14.1. The molecular formula is C16H17BrN4. The van der Waals surface area contributed by atoms with Crippen molar-refractivity contribution in [1.29, 1.82) is 0 Å². The number of halogens is 1. The van der Waals surface area contributed by atoms with Crippen molar-refractivity contribution in [1.82, 2.24) is 14.5 Å². The molecule has 108 valence electrons. The molecular weight excluding hydrogens is 328 g/mol. The molecule has 2 heterocycles.